The highest BCUT2D eigenvalue weighted by Gasteiger charge is 2.22. The number of hydrogen-bond acceptors (Lipinski definition) is 3. The van der Waals surface area contributed by atoms with Gasteiger partial charge in [0.15, 0.2) is 0 Å². The molecule has 0 atom stereocenters. The van der Waals surface area contributed by atoms with Gasteiger partial charge < -0.3 is 10.0 Å². The molecule has 1 saturated heterocycles. The maximum absolute atomic E-state index is 12.0. The molecule has 2 heterocycles. The Labute approximate surface area is 102 Å². The van der Waals surface area contributed by atoms with E-state index in [9.17, 15) is 9.90 Å². The summed E-state index contributed by atoms with van der Waals surface area (Å²) in [5.74, 6) is -0.0619. The van der Waals surface area contributed by atoms with Crippen LogP contribution in [0.5, 0.6) is 0 Å². The molecule has 0 bridgehead atoms. The van der Waals surface area contributed by atoms with Crippen LogP contribution in [0.3, 0.4) is 0 Å². The molecule has 5 heteroatoms. The van der Waals surface area contributed by atoms with Crippen molar-refractivity contribution in [2.24, 2.45) is 0 Å². The third kappa shape index (κ3) is 2.59. The summed E-state index contributed by atoms with van der Waals surface area (Å²) in [7, 11) is 0. The summed E-state index contributed by atoms with van der Waals surface area (Å²) in [4.78, 5) is 17.9. The number of halogens is 1. The quantitative estimate of drug-likeness (QED) is 0.794. The van der Waals surface area contributed by atoms with Gasteiger partial charge in [0, 0.05) is 13.1 Å². The second-order valence-electron chi connectivity index (χ2n) is 3.87. The van der Waals surface area contributed by atoms with Gasteiger partial charge in [-0.25, -0.2) is 4.98 Å². The number of piperidine rings is 1. The summed E-state index contributed by atoms with van der Waals surface area (Å²) in [5, 5.41) is 9.36. The minimum atomic E-state index is -0.264. The minimum absolute atomic E-state index is 0.0619. The van der Waals surface area contributed by atoms with Gasteiger partial charge in [-0.15, -0.1) is 0 Å². The summed E-state index contributed by atoms with van der Waals surface area (Å²) in [6, 6.07) is 5.29. The van der Waals surface area contributed by atoms with Crippen LogP contribution in [0.4, 0.5) is 0 Å². The summed E-state index contributed by atoms with van der Waals surface area (Å²) < 4.78 is 0.662. The van der Waals surface area contributed by atoms with E-state index < -0.39 is 0 Å². The predicted molar refractivity (Wildman–Crippen MR) is 63.1 cm³/mol. The third-order valence-corrected chi connectivity index (χ3v) is 3.13. The number of rotatable bonds is 1. The van der Waals surface area contributed by atoms with Gasteiger partial charge in [0.1, 0.15) is 10.3 Å². The van der Waals surface area contributed by atoms with E-state index in [0.717, 1.165) is 0 Å². The molecule has 1 fully saturated rings. The van der Waals surface area contributed by atoms with E-state index in [1.165, 1.54) is 0 Å². The first-order valence-electron chi connectivity index (χ1n) is 5.27. The van der Waals surface area contributed by atoms with Crippen LogP contribution in [0.1, 0.15) is 23.3 Å². The SMILES string of the molecule is O=C(c1cccc(Br)n1)N1CCC(O)CC1. The average Bonchev–Trinajstić information content (AvgIpc) is 2.29. The Morgan fingerprint density at radius 3 is 2.75 bits per heavy atom. The number of amides is 1. The van der Waals surface area contributed by atoms with Gasteiger partial charge in [0.05, 0.1) is 6.10 Å². The normalized spacial score (nSPS) is 17.5. The lowest BCUT2D eigenvalue weighted by atomic mass is 10.1. The van der Waals surface area contributed by atoms with Gasteiger partial charge in [0.2, 0.25) is 0 Å². The highest BCUT2D eigenvalue weighted by Crippen LogP contribution is 2.14. The van der Waals surface area contributed by atoms with Crippen LogP contribution in [0, 0.1) is 0 Å². The van der Waals surface area contributed by atoms with Crippen molar-refractivity contribution in [1.29, 1.82) is 0 Å². The van der Waals surface area contributed by atoms with E-state index in [2.05, 4.69) is 20.9 Å². The first-order valence-corrected chi connectivity index (χ1v) is 6.06. The van der Waals surface area contributed by atoms with E-state index in [-0.39, 0.29) is 12.0 Å². The molecule has 1 aliphatic heterocycles. The molecule has 4 nitrogen and oxygen atoms in total. The van der Waals surface area contributed by atoms with E-state index in [4.69, 9.17) is 0 Å². The average molecular weight is 285 g/mol. The van der Waals surface area contributed by atoms with Crippen molar-refractivity contribution in [2.45, 2.75) is 18.9 Å². The number of aromatic nitrogens is 1. The molecule has 86 valence electrons. The van der Waals surface area contributed by atoms with Crippen LogP contribution in [0.15, 0.2) is 22.8 Å². The molecule has 1 aromatic heterocycles. The van der Waals surface area contributed by atoms with Crippen molar-refractivity contribution >= 4 is 21.8 Å². The van der Waals surface area contributed by atoms with Crippen LogP contribution in [0.2, 0.25) is 0 Å². The molecule has 0 aromatic carbocycles. The topological polar surface area (TPSA) is 53.4 Å². The molecule has 2 rings (SSSR count). The van der Waals surface area contributed by atoms with Crippen molar-refractivity contribution in [2.75, 3.05) is 13.1 Å². The van der Waals surface area contributed by atoms with Gasteiger partial charge in [0.25, 0.3) is 5.91 Å². The molecule has 1 aromatic rings. The molecule has 1 N–H and O–H groups in total. The Morgan fingerprint density at radius 1 is 1.44 bits per heavy atom. The summed E-state index contributed by atoms with van der Waals surface area (Å²) >= 11 is 3.24. The lowest BCUT2D eigenvalue weighted by Gasteiger charge is -2.29. The summed E-state index contributed by atoms with van der Waals surface area (Å²) in [6.45, 7) is 1.21. The molecule has 0 spiro atoms. The zero-order valence-electron chi connectivity index (χ0n) is 8.77. The second kappa shape index (κ2) is 4.93. The molecular weight excluding hydrogens is 272 g/mol. The third-order valence-electron chi connectivity index (χ3n) is 2.69. The molecule has 0 aliphatic carbocycles. The van der Waals surface area contributed by atoms with Gasteiger partial charge in [-0.05, 0) is 40.9 Å². The van der Waals surface area contributed by atoms with Crippen molar-refractivity contribution in [3.05, 3.63) is 28.5 Å². The molecule has 0 unspecified atom stereocenters. The number of carbonyl (C=O) groups excluding carboxylic acids is 1. The van der Waals surface area contributed by atoms with E-state index >= 15 is 0 Å². The van der Waals surface area contributed by atoms with Crippen LogP contribution in [0.25, 0.3) is 0 Å². The highest BCUT2D eigenvalue weighted by molar-refractivity contribution is 9.10. The number of pyridine rings is 1. The van der Waals surface area contributed by atoms with Crippen molar-refractivity contribution in [3.8, 4) is 0 Å². The number of aliphatic hydroxyl groups is 1. The predicted octanol–water partition coefficient (Wildman–Crippen LogP) is 1.44. The smallest absolute Gasteiger partial charge is 0.272 e. The van der Waals surface area contributed by atoms with E-state index in [1.54, 1.807) is 23.1 Å². The highest BCUT2D eigenvalue weighted by atomic mass is 79.9. The fraction of sp³-hybridized carbons (Fsp3) is 0.455. The van der Waals surface area contributed by atoms with Crippen molar-refractivity contribution < 1.29 is 9.90 Å². The first kappa shape index (κ1) is 11.5. The summed E-state index contributed by atoms with van der Waals surface area (Å²) in [6.07, 6.45) is 1.04. The summed E-state index contributed by atoms with van der Waals surface area (Å²) in [5.41, 5.74) is 0.450. The van der Waals surface area contributed by atoms with Crippen LogP contribution >= 0.6 is 15.9 Å². The zero-order valence-corrected chi connectivity index (χ0v) is 10.4. The van der Waals surface area contributed by atoms with Gasteiger partial charge >= 0.3 is 0 Å². The Morgan fingerprint density at radius 2 is 2.12 bits per heavy atom. The van der Waals surface area contributed by atoms with Gasteiger partial charge in [-0.2, -0.15) is 0 Å². The Bertz CT molecular complexity index is 389. The maximum Gasteiger partial charge on any atom is 0.272 e. The fourth-order valence-electron chi connectivity index (χ4n) is 1.76. The van der Waals surface area contributed by atoms with E-state index in [0.29, 0.717) is 36.2 Å². The van der Waals surface area contributed by atoms with Crippen LogP contribution in [-0.2, 0) is 0 Å². The number of carbonyl (C=O) groups is 1. The van der Waals surface area contributed by atoms with Crippen LogP contribution in [-0.4, -0.2) is 40.1 Å². The molecule has 0 saturated carbocycles. The molecular formula is C11H13BrN2O2. The molecule has 0 radical (unpaired) electrons. The lowest BCUT2D eigenvalue weighted by molar-refractivity contribution is 0.0541. The zero-order chi connectivity index (χ0) is 11.5. The molecule has 1 aliphatic rings. The van der Waals surface area contributed by atoms with Gasteiger partial charge in [-0.3, -0.25) is 4.79 Å². The molecule has 16 heavy (non-hydrogen) atoms. The Hall–Kier alpha value is -0.940. The number of nitrogens with zero attached hydrogens (tertiary/aromatic N) is 2. The van der Waals surface area contributed by atoms with Crippen molar-refractivity contribution in [3.63, 3.8) is 0 Å². The van der Waals surface area contributed by atoms with Crippen molar-refractivity contribution in [1.82, 2.24) is 9.88 Å². The molecule has 1 amide bonds. The Kier molecular flexibility index (Phi) is 3.56. The number of aliphatic hydroxyl groups excluding tert-OH is 1. The largest absolute Gasteiger partial charge is 0.393 e. The number of hydrogen-bond donors (Lipinski definition) is 1. The first-order chi connectivity index (χ1) is 7.66. The second-order valence-corrected chi connectivity index (χ2v) is 4.68. The van der Waals surface area contributed by atoms with Crippen LogP contribution < -0.4 is 0 Å². The van der Waals surface area contributed by atoms with E-state index in [1.807, 2.05) is 0 Å². The Balaban J connectivity index is 2.08. The number of likely N-dealkylation sites (tertiary alicyclic amines) is 1. The lowest BCUT2D eigenvalue weighted by Crippen LogP contribution is -2.40. The van der Waals surface area contributed by atoms with Gasteiger partial charge in [-0.1, -0.05) is 6.07 Å². The maximum atomic E-state index is 12.0. The monoisotopic (exact) mass is 284 g/mol. The fourth-order valence-corrected chi connectivity index (χ4v) is 2.10. The standard InChI is InChI=1S/C11H13BrN2O2/c12-10-3-1-2-9(13-10)11(16)14-6-4-8(15)5-7-14/h1-3,8,15H,4-7H2. The minimum Gasteiger partial charge on any atom is -0.393 e.